The van der Waals surface area contributed by atoms with Crippen molar-refractivity contribution in [3.05, 3.63) is 0 Å². The highest BCUT2D eigenvalue weighted by Crippen LogP contribution is 2.13. The van der Waals surface area contributed by atoms with Gasteiger partial charge in [0.1, 0.15) is 5.60 Å². The van der Waals surface area contributed by atoms with Crippen molar-refractivity contribution in [1.82, 2.24) is 9.80 Å². The number of esters is 1. The number of rotatable bonds is 6. The van der Waals surface area contributed by atoms with Crippen molar-refractivity contribution >= 4 is 5.97 Å². The first-order valence-corrected chi connectivity index (χ1v) is 8.23. The van der Waals surface area contributed by atoms with E-state index in [-0.39, 0.29) is 17.6 Å². The molecule has 1 heterocycles. The van der Waals surface area contributed by atoms with E-state index in [2.05, 4.69) is 35.5 Å². The molecule has 1 aliphatic rings. The number of likely N-dealkylation sites (tertiary alicyclic amines) is 1. The standard InChI is InChI=1S/C18H32N2O3/c1-17(2,3)23-16(21)9-12-22-15-13-20(14-15)11-8-10-18(4,5)19(6)7/h15H,9,11-14H2,1-7H3. The van der Waals surface area contributed by atoms with Gasteiger partial charge in [0.15, 0.2) is 0 Å². The summed E-state index contributed by atoms with van der Waals surface area (Å²) in [5.41, 5.74) is -0.530. The zero-order chi connectivity index (χ0) is 17.7. The molecular formula is C18H32N2O3. The Morgan fingerprint density at radius 1 is 1.22 bits per heavy atom. The second-order valence-electron chi connectivity index (χ2n) is 7.78. The lowest BCUT2D eigenvalue weighted by Gasteiger charge is -2.37. The second kappa shape index (κ2) is 8.14. The van der Waals surface area contributed by atoms with Gasteiger partial charge in [-0.1, -0.05) is 11.8 Å². The van der Waals surface area contributed by atoms with Gasteiger partial charge in [-0.3, -0.25) is 14.6 Å². The summed E-state index contributed by atoms with van der Waals surface area (Å²) in [6.07, 6.45) is 0.519. The van der Waals surface area contributed by atoms with Crippen LogP contribution in [-0.4, -0.2) is 73.3 Å². The predicted molar refractivity (Wildman–Crippen MR) is 92.2 cm³/mol. The highest BCUT2D eigenvalue weighted by molar-refractivity contribution is 5.69. The third kappa shape index (κ3) is 7.83. The largest absolute Gasteiger partial charge is 0.460 e. The van der Waals surface area contributed by atoms with Crippen molar-refractivity contribution < 1.29 is 14.3 Å². The second-order valence-corrected chi connectivity index (χ2v) is 7.78. The molecule has 0 spiro atoms. The maximum absolute atomic E-state index is 11.6. The van der Waals surface area contributed by atoms with E-state index in [1.165, 1.54) is 0 Å². The summed E-state index contributed by atoms with van der Waals surface area (Å²) in [6.45, 7) is 12.8. The van der Waals surface area contributed by atoms with Crippen LogP contribution in [0, 0.1) is 11.8 Å². The Balaban J connectivity index is 2.14. The Kier molecular flexibility index (Phi) is 7.06. The van der Waals surface area contributed by atoms with Crippen LogP contribution in [0.25, 0.3) is 0 Å². The molecule has 0 N–H and O–H groups in total. The van der Waals surface area contributed by atoms with Gasteiger partial charge in [0, 0.05) is 13.1 Å². The van der Waals surface area contributed by atoms with E-state index >= 15 is 0 Å². The van der Waals surface area contributed by atoms with E-state index < -0.39 is 5.60 Å². The molecule has 5 heteroatoms. The third-order valence-corrected chi connectivity index (χ3v) is 3.82. The van der Waals surface area contributed by atoms with Gasteiger partial charge in [-0.05, 0) is 48.7 Å². The highest BCUT2D eigenvalue weighted by atomic mass is 16.6. The molecule has 1 saturated heterocycles. The number of carbonyl (C=O) groups is 1. The molecule has 1 aliphatic heterocycles. The normalized spacial score (nSPS) is 16.7. The topological polar surface area (TPSA) is 42.0 Å². The molecule has 0 aromatic rings. The molecule has 0 bridgehead atoms. The zero-order valence-corrected chi connectivity index (χ0v) is 15.7. The first-order chi connectivity index (χ1) is 10.5. The summed E-state index contributed by atoms with van der Waals surface area (Å²) in [7, 11) is 4.07. The summed E-state index contributed by atoms with van der Waals surface area (Å²) in [5.74, 6) is 6.32. The number of nitrogens with zero attached hydrogens (tertiary/aromatic N) is 2. The minimum absolute atomic E-state index is 0.103. The zero-order valence-electron chi connectivity index (χ0n) is 15.7. The fourth-order valence-corrected chi connectivity index (χ4v) is 1.94. The molecule has 0 amide bonds. The SMILES string of the molecule is CN(C)C(C)(C)C#CCN1CC(OCCC(=O)OC(C)(C)C)C1. The quantitative estimate of drug-likeness (QED) is 0.550. The molecule has 0 aromatic heterocycles. The molecule has 0 aliphatic carbocycles. The van der Waals surface area contributed by atoms with Crippen molar-refractivity contribution in [3.63, 3.8) is 0 Å². The molecular weight excluding hydrogens is 292 g/mol. The molecule has 132 valence electrons. The highest BCUT2D eigenvalue weighted by Gasteiger charge is 2.27. The first-order valence-electron chi connectivity index (χ1n) is 8.23. The van der Waals surface area contributed by atoms with Crippen LogP contribution in [0.15, 0.2) is 0 Å². The average molecular weight is 324 g/mol. The molecule has 23 heavy (non-hydrogen) atoms. The molecule has 0 unspecified atom stereocenters. The van der Waals surface area contributed by atoms with E-state index in [4.69, 9.17) is 9.47 Å². The van der Waals surface area contributed by atoms with Crippen LogP contribution in [0.2, 0.25) is 0 Å². The monoisotopic (exact) mass is 324 g/mol. The van der Waals surface area contributed by atoms with Crippen LogP contribution >= 0.6 is 0 Å². The van der Waals surface area contributed by atoms with Crippen molar-refractivity contribution in [2.24, 2.45) is 0 Å². The minimum Gasteiger partial charge on any atom is -0.460 e. The number of hydrogen-bond acceptors (Lipinski definition) is 5. The molecule has 0 radical (unpaired) electrons. The van der Waals surface area contributed by atoms with Crippen molar-refractivity contribution in [3.8, 4) is 11.8 Å². The first kappa shape index (κ1) is 20.0. The number of ether oxygens (including phenoxy) is 2. The van der Waals surface area contributed by atoms with Crippen LogP contribution in [0.1, 0.15) is 41.0 Å². The summed E-state index contributed by atoms with van der Waals surface area (Å²) in [4.78, 5) is 15.9. The Labute approximate surface area is 141 Å². The molecule has 0 aromatic carbocycles. The van der Waals surface area contributed by atoms with E-state index in [0.29, 0.717) is 13.0 Å². The van der Waals surface area contributed by atoms with Gasteiger partial charge in [-0.25, -0.2) is 0 Å². The molecule has 5 nitrogen and oxygen atoms in total. The minimum atomic E-state index is -0.427. The van der Waals surface area contributed by atoms with E-state index in [1.807, 2.05) is 34.9 Å². The van der Waals surface area contributed by atoms with Crippen LogP contribution in [0.5, 0.6) is 0 Å². The average Bonchev–Trinajstić information content (AvgIpc) is 2.32. The van der Waals surface area contributed by atoms with Crippen LogP contribution < -0.4 is 0 Å². The van der Waals surface area contributed by atoms with Gasteiger partial charge in [0.05, 0.1) is 31.2 Å². The summed E-state index contributed by atoms with van der Waals surface area (Å²) in [5, 5.41) is 0. The lowest BCUT2D eigenvalue weighted by atomic mass is 10.1. The summed E-state index contributed by atoms with van der Waals surface area (Å²) < 4.78 is 10.9. The van der Waals surface area contributed by atoms with Crippen molar-refractivity contribution in [2.45, 2.75) is 58.3 Å². The maximum Gasteiger partial charge on any atom is 0.308 e. The maximum atomic E-state index is 11.6. The van der Waals surface area contributed by atoms with Gasteiger partial charge in [-0.2, -0.15) is 0 Å². The predicted octanol–water partition coefficient (Wildman–Crippen LogP) is 1.76. The Morgan fingerprint density at radius 3 is 2.35 bits per heavy atom. The van der Waals surface area contributed by atoms with E-state index in [1.54, 1.807) is 0 Å². The Hall–Kier alpha value is -1.09. The lowest BCUT2D eigenvalue weighted by molar-refractivity contribution is -0.157. The summed E-state index contributed by atoms with van der Waals surface area (Å²) >= 11 is 0. The number of hydrogen-bond donors (Lipinski definition) is 0. The van der Waals surface area contributed by atoms with Gasteiger partial charge in [0.2, 0.25) is 0 Å². The molecule has 0 saturated carbocycles. The third-order valence-electron chi connectivity index (χ3n) is 3.82. The Morgan fingerprint density at radius 2 is 1.83 bits per heavy atom. The van der Waals surface area contributed by atoms with Crippen LogP contribution in [0.3, 0.4) is 0 Å². The smallest absolute Gasteiger partial charge is 0.308 e. The summed E-state index contributed by atoms with van der Waals surface area (Å²) in [6, 6.07) is 0. The molecule has 1 fully saturated rings. The van der Waals surface area contributed by atoms with Gasteiger partial charge >= 0.3 is 5.97 Å². The van der Waals surface area contributed by atoms with Crippen LogP contribution in [-0.2, 0) is 14.3 Å². The fourth-order valence-electron chi connectivity index (χ4n) is 1.94. The van der Waals surface area contributed by atoms with Crippen molar-refractivity contribution in [1.29, 1.82) is 0 Å². The van der Waals surface area contributed by atoms with Crippen molar-refractivity contribution in [2.75, 3.05) is 40.3 Å². The van der Waals surface area contributed by atoms with E-state index in [0.717, 1.165) is 19.6 Å². The molecule has 1 rings (SSSR count). The fraction of sp³-hybridized carbons (Fsp3) is 0.833. The molecule has 0 atom stereocenters. The van der Waals surface area contributed by atoms with Gasteiger partial charge < -0.3 is 9.47 Å². The Bertz CT molecular complexity index is 449. The van der Waals surface area contributed by atoms with Crippen LogP contribution in [0.4, 0.5) is 0 Å². The van der Waals surface area contributed by atoms with E-state index in [9.17, 15) is 4.79 Å². The van der Waals surface area contributed by atoms with Gasteiger partial charge in [0.25, 0.3) is 0 Å². The number of carbonyl (C=O) groups excluding carboxylic acids is 1. The lowest BCUT2D eigenvalue weighted by Crippen LogP contribution is -2.52. The van der Waals surface area contributed by atoms with Gasteiger partial charge in [-0.15, -0.1) is 0 Å².